The van der Waals surface area contributed by atoms with Gasteiger partial charge in [0.1, 0.15) is 12.0 Å². The molecule has 1 aromatic rings. The molecule has 0 amide bonds. The normalized spacial score (nSPS) is 21.7. The van der Waals surface area contributed by atoms with Crippen LogP contribution in [0.1, 0.15) is 185 Å². The van der Waals surface area contributed by atoms with Gasteiger partial charge in [0.15, 0.2) is 5.89 Å². The van der Waals surface area contributed by atoms with Crippen molar-refractivity contribution in [1.82, 2.24) is 4.98 Å². The molecular formula is C33H57NO2. The standard InChI is InChI=1S/C33H57NO2/c1-3-28(33-34-31(26-36-33)30-21-16-12-9-13-17-22-30)23-18-24-32(35)29(4-2)25-27-19-14-10-7-5-6-8-11-15-20-27/h26-30H,3-25H2,1-2H3. The molecule has 36 heavy (non-hydrogen) atoms. The summed E-state index contributed by atoms with van der Waals surface area (Å²) in [6.45, 7) is 4.47. The highest BCUT2D eigenvalue weighted by atomic mass is 16.3. The average molecular weight is 500 g/mol. The van der Waals surface area contributed by atoms with Crippen LogP contribution in [0.25, 0.3) is 0 Å². The van der Waals surface area contributed by atoms with E-state index in [-0.39, 0.29) is 5.92 Å². The second kappa shape index (κ2) is 17.4. The van der Waals surface area contributed by atoms with E-state index in [9.17, 15) is 4.79 Å². The molecule has 1 heterocycles. The number of rotatable bonds is 11. The fourth-order valence-electron chi connectivity index (χ4n) is 6.89. The molecule has 0 N–H and O–H groups in total. The van der Waals surface area contributed by atoms with Gasteiger partial charge in [-0.15, -0.1) is 0 Å². The summed E-state index contributed by atoms with van der Waals surface area (Å²) in [7, 11) is 0. The summed E-state index contributed by atoms with van der Waals surface area (Å²) >= 11 is 0. The van der Waals surface area contributed by atoms with Crippen LogP contribution in [0.4, 0.5) is 0 Å². The maximum Gasteiger partial charge on any atom is 0.197 e. The first-order valence-electron chi connectivity index (χ1n) is 16.2. The fraction of sp³-hybridized carbons (Fsp3) is 0.879. The van der Waals surface area contributed by atoms with Crippen LogP contribution in [0.5, 0.6) is 0 Å². The summed E-state index contributed by atoms with van der Waals surface area (Å²) in [6.07, 6.45) is 31.0. The maximum absolute atomic E-state index is 13.2. The molecule has 3 rings (SSSR count). The van der Waals surface area contributed by atoms with Crippen molar-refractivity contribution in [1.29, 1.82) is 0 Å². The van der Waals surface area contributed by atoms with Gasteiger partial charge in [-0.1, -0.05) is 110 Å². The third-order valence-electron chi connectivity index (χ3n) is 9.42. The predicted molar refractivity (Wildman–Crippen MR) is 152 cm³/mol. The lowest BCUT2D eigenvalue weighted by Crippen LogP contribution is -2.18. The number of nitrogens with zero attached hydrogens (tertiary/aromatic N) is 1. The van der Waals surface area contributed by atoms with Crippen molar-refractivity contribution in [2.24, 2.45) is 11.8 Å². The first-order chi connectivity index (χ1) is 17.7. The minimum atomic E-state index is 0.271. The second-order valence-corrected chi connectivity index (χ2v) is 12.2. The van der Waals surface area contributed by atoms with Crippen molar-refractivity contribution in [2.75, 3.05) is 0 Å². The molecule has 0 saturated heterocycles. The summed E-state index contributed by atoms with van der Waals surface area (Å²) in [4.78, 5) is 18.2. The SMILES string of the molecule is CCC(CC1CCCCCCCCCC1)C(=O)CCCC(CC)c1nc(C2CCCCCCC2)co1. The Morgan fingerprint density at radius 2 is 1.39 bits per heavy atom. The van der Waals surface area contributed by atoms with E-state index >= 15 is 0 Å². The van der Waals surface area contributed by atoms with Gasteiger partial charge in [0.2, 0.25) is 0 Å². The van der Waals surface area contributed by atoms with E-state index in [2.05, 4.69) is 13.8 Å². The highest BCUT2D eigenvalue weighted by molar-refractivity contribution is 5.80. The van der Waals surface area contributed by atoms with Crippen molar-refractivity contribution in [3.63, 3.8) is 0 Å². The first kappa shape index (κ1) is 29.4. The highest BCUT2D eigenvalue weighted by Crippen LogP contribution is 2.34. The van der Waals surface area contributed by atoms with Crippen LogP contribution >= 0.6 is 0 Å². The Morgan fingerprint density at radius 3 is 1.94 bits per heavy atom. The molecule has 2 unspecified atom stereocenters. The van der Waals surface area contributed by atoms with Gasteiger partial charge in [-0.05, 0) is 50.9 Å². The van der Waals surface area contributed by atoms with Crippen molar-refractivity contribution in [3.8, 4) is 0 Å². The molecule has 2 saturated carbocycles. The quantitative estimate of drug-likeness (QED) is 0.304. The van der Waals surface area contributed by atoms with Gasteiger partial charge < -0.3 is 4.42 Å². The molecule has 206 valence electrons. The molecule has 0 aromatic carbocycles. The zero-order valence-corrected chi connectivity index (χ0v) is 23.9. The van der Waals surface area contributed by atoms with E-state index in [1.807, 2.05) is 6.26 Å². The number of Topliss-reactive ketones (excluding diaryl/α,β-unsaturated/α-hetero) is 1. The Morgan fingerprint density at radius 1 is 0.833 bits per heavy atom. The number of carbonyl (C=O) groups excluding carboxylic acids is 1. The molecule has 2 atom stereocenters. The van der Waals surface area contributed by atoms with Gasteiger partial charge in [-0.25, -0.2) is 4.98 Å². The van der Waals surface area contributed by atoms with Crippen molar-refractivity contribution in [3.05, 3.63) is 17.8 Å². The van der Waals surface area contributed by atoms with E-state index in [4.69, 9.17) is 9.40 Å². The second-order valence-electron chi connectivity index (χ2n) is 12.2. The van der Waals surface area contributed by atoms with Gasteiger partial charge in [-0.3, -0.25) is 4.79 Å². The first-order valence-corrected chi connectivity index (χ1v) is 16.2. The van der Waals surface area contributed by atoms with Gasteiger partial charge in [-0.2, -0.15) is 0 Å². The third-order valence-corrected chi connectivity index (χ3v) is 9.42. The molecule has 2 aliphatic rings. The number of hydrogen-bond acceptors (Lipinski definition) is 3. The zero-order valence-electron chi connectivity index (χ0n) is 23.9. The summed E-state index contributed by atoms with van der Waals surface area (Å²) in [6, 6.07) is 0. The number of hydrogen-bond donors (Lipinski definition) is 0. The predicted octanol–water partition coefficient (Wildman–Crippen LogP) is 10.7. The Hall–Kier alpha value is -1.12. The molecule has 0 spiro atoms. The van der Waals surface area contributed by atoms with E-state index in [0.29, 0.717) is 17.6 Å². The lowest BCUT2D eigenvalue weighted by Gasteiger charge is -2.22. The van der Waals surface area contributed by atoms with Crippen LogP contribution in [0.3, 0.4) is 0 Å². The molecule has 3 nitrogen and oxygen atoms in total. The Labute approximate surface area is 223 Å². The molecule has 0 radical (unpaired) electrons. The summed E-state index contributed by atoms with van der Waals surface area (Å²) in [5.41, 5.74) is 1.19. The van der Waals surface area contributed by atoms with Gasteiger partial charge in [0.25, 0.3) is 0 Å². The van der Waals surface area contributed by atoms with E-state index in [1.54, 1.807) is 0 Å². The number of carbonyl (C=O) groups is 1. The molecule has 2 fully saturated rings. The van der Waals surface area contributed by atoms with Crippen molar-refractivity contribution < 1.29 is 9.21 Å². The maximum atomic E-state index is 13.2. The van der Waals surface area contributed by atoms with Crippen LogP contribution < -0.4 is 0 Å². The van der Waals surface area contributed by atoms with Gasteiger partial charge >= 0.3 is 0 Å². The largest absolute Gasteiger partial charge is 0.448 e. The molecule has 0 bridgehead atoms. The summed E-state index contributed by atoms with van der Waals surface area (Å²) in [5, 5.41) is 0. The Bertz CT molecular complexity index is 690. The average Bonchev–Trinajstić information content (AvgIpc) is 3.32. The topological polar surface area (TPSA) is 43.1 Å². The monoisotopic (exact) mass is 499 g/mol. The molecule has 3 heteroatoms. The van der Waals surface area contributed by atoms with Crippen molar-refractivity contribution >= 4 is 5.78 Å². The van der Waals surface area contributed by atoms with E-state index in [0.717, 1.165) is 50.3 Å². The summed E-state index contributed by atoms with van der Waals surface area (Å²) in [5.74, 6) is 3.41. The minimum absolute atomic E-state index is 0.271. The molecule has 1 aromatic heterocycles. The lowest BCUT2D eigenvalue weighted by molar-refractivity contribution is -0.123. The molecule has 0 aliphatic heterocycles. The smallest absolute Gasteiger partial charge is 0.197 e. The number of aromatic nitrogens is 1. The van der Waals surface area contributed by atoms with Crippen LogP contribution in [-0.2, 0) is 4.79 Å². The van der Waals surface area contributed by atoms with E-state index < -0.39 is 0 Å². The number of oxazole rings is 1. The van der Waals surface area contributed by atoms with Crippen LogP contribution in [0, 0.1) is 11.8 Å². The Balaban J connectivity index is 1.45. The van der Waals surface area contributed by atoms with Crippen LogP contribution in [-0.4, -0.2) is 10.8 Å². The zero-order chi connectivity index (χ0) is 25.4. The minimum Gasteiger partial charge on any atom is -0.448 e. The Kier molecular flexibility index (Phi) is 14.2. The fourth-order valence-corrected chi connectivity index (χ4v) is 6.89. The van der Waals surface area contributed by atoms with Crippen LogP contribution in [0.2, 0.25) is 0 Å². The van der Waals surface area contributed by atoms with E-state index in [1.165, 1.54) is 115 Å². The lowest BCUT2D eigenvalue weighted by atomic mass is 9.82. The van der Waals surface area contributed by atoms with Crippen LogP contribution in [0.15, 0.2) is 10.7 Å². The van der Waals surface area contributed by atoms with Gasteiger partial charge in [0.05, 0.1) is 5.69 Å². The summed E-state index contributed by atoms with van der Waals surface area (Å²) < 4.78 is 6.02. The molecule has 2 aliphatic carbocycles. The highest BCUT2D eigenvalue weighted by Gasteiger charge is 2.24. The number of ketones is 1. The third kappa shape index (κ3) is 10.3. The molecular weight excluding hydrogens is 442 g/mol. The van der Waals surface area contributed by atoms with Gasteiger partial charge in [0, 0.05) is 24.2 Å². The van der Waals surface area contributed by atoms with Crippen molar-refractivity contribution in [2.45, 2.75) is 173 Å².